The molecule has 13 heavy (non-hydrogen) atoms. The molecule has 3 heteroatoms. The largest absolute Gasteiger partial charge is 0.392 e. The predicted molar refractivity (Wildman–Crippen MR) is 52.7 cm³/mol. The van der Waals surface area contributed by atoms with E-state index in [-0.39, 0.29) is 12.1 Å². The molecular formula is C10H21NO2. The Morgan fingerprint density at radius 1 is 1.54 bits per heavy atom. The molecule has 0 heterocycles. The van der Waals surface area contributed by atoms with Gasteiger partial charge in [0.2, 0.25) is 0 Å². The first-order valence-electron chi connectivity index (χ1n) is 5.26. The zero-order chi connectivity index (χ0) is 9.68. The van der Waals surface area contributed by atoms with E-state index in [1.807, 2.05) is 6.92 Å². The molecule has 0 aromatic rings. The standard InChI is InChI=1S/C10H21NO2/c1-3-13-7-8(2)11-9-5-4-6-10(9)12/h8-12H,3-7H2,1-2H3/t8?,9-,10-/m0/s1. The fourth-order valence-electron chi connectivity index (χ4n) is 1.84. The van der Waals surface area contributed by atoms with Crippen molar-refractivity contribution in [1.29, 1.82) is 0 Å². The molecule has 0 aliphatic heterocycles. The van der Waals surface area contributed by atoms with Gasteiger partial charge in [0, 0.05) is 18.7 Å². The lowest BCUT2D eigenvalue weighted by atomic mass is 10.2. The Hall–Kier alpha value is -0.120. The third-order valence-corrected chi connectivity index (χ3v) is 2.55. The fraction of sp³-hybridized carbons (Fsp3) is 1.00. The normalized spacial score (nSPS) is 30.7. The lowest BCUT2D eigenvalue weighted by Crippen LogP contribution is -2.43. The molecule has 1 unspecified atom stereocenters. The zero-order valence-electron chi connectivity index (χ0n) is 8.62. The maximum atomic E-state index is 9.56. The third kappa shape index (κ3) is 3.63. The number of hydrogen-bond acceptors (Lipinski definition) is 3. The van der Waals surface area contributed by atoms with Crippen LogP contribution in [0.1, 0.15) is 33.1 Å². The first-order valence-corrected chi connectivity index (χ1v) is 5.26. The first kappa shape index (κ1) is 11.0. The summed E-state index contributed by atoms with van der Waals surface area (Å²) in [5, 5.41) is 12.9. The third-order valence-electron chi connectivity index (χ3n) is 2.55. The molecule has 1 saturated carbocycles. The lowest BCUT2D eigenvalue weighted by molar-refractivity contribution is 0.103. The Morgan fingerprint density at radius 3 is 2.85 bits per heavy atom. The van der Waals surface area contributed by atoms with Crippen LogP contribution in [0.15, 0.2) is 0 Å². The topological polar surface area (TPSA) is 41.5 Å². The van der Waals surface area contributed by atoms with Crippen LogP contribution in [-0.2, 0) is 4.74 Å². The Bertz CT molecular complexity index is 141. The van der Waals surface area contributed by atoms with Crippen molar-refractivity contribution in [2.45, 2.75) is 51.3 Å². The number of nitrogens with one attached hydrogen (secondary N) is 1. The summed E-state index contributed by atoms with van der Waals surface area (Å²) in [7, 11) is 0. The average molecular weight is 187 g/mol. The maximum absolute atomic E-state index is 9.56. The van der Waals surface area contributed by atoms with Gasteiger partial charge in [0.15, 0.2) is 0 Å². The van der Waals surface area contributed by atoms with Gasteiger partial charge in [0.05, 0.1) is 12.7 Å². The molecule has 0 aromatic heterocycles. The molecule has 1 aliphatic rings. The van der Waals surface area contributed by atoms with Crippen LogP contribution in [0, 0.1) is 0 Å². The van der Waals surface area contributed by atoms with Gasteiger partial charge in [-0.25, -0.2) is 0 Å². The smallest absolute Gasteiger partial charge is 0.0693 e. The van der Waals surface area contributed by atoms with Crippen molar-refractivity contribution >= 4 is 0 Å². The Kier molecular flexibility index (Phi) is 4.70. The first-order chi connectivity index (χ1) is 6.24. The van der Waals surface area contributed by atoms with Crippen molar-refractivity contribution in [3.63, 3.8) is 0 Å². The molecular weight excluding hydrogens is 166 g/mol. The van der Waals surface area contributed by atoms with E-state index in [0.29, 0.717) is 6.04 Å². The summed E-state index contributed by atoms with van der Waals surface area (Å²) in [4.78, 5) is 0. The van der Waals surface area contributed by atoms with Gasteiger partial charge in [-0.1, -0.05) is 0 Å². The van der Waals surface area contributed by atoms with Crippen LogP contribution in [-0.4, -0.2) is 36.5 Å². The van der Waals surface area contributed by atoms with E-state index in [1.54, 1.807) is 0 Å². The molecule has 1 fully saturated rings. The van der Waals surface area contributed by atoms with Crippen LogP contribution in [0.2, 0.25) is 0 Å². The van der Waals surface area contributed by atoms with Crippen LogP contribution in [0.25, 0.3) is 0 Å². The van der Waals surface area contributed by atoms with E-state index in [2.05, 4.69) is 12.2 Å². The SMILES string of the molecule is CCOCC(C)N[C@H]1CCC[C@@H]1O. The van der Waals surface area contributed by atoms with Gasteiger partial charge in [-0.2, -0.15) is 0 Å². The summed E-state index contributed by atoms with van der Waals surface area (Å²) in [5.41, 5.74) is 0. The summed E-state index contributed by atoms with van der Waals surface area (Å²) in [6.45, 7) is 5.59. The molecule has 0 radical (unpaired) electrons. The Balaban J connectivity index is 2.15. The number of ether oxygens (including phenoxy) is 1. The van der Waals surface area contributed by atoms with E-state index in [1.165, 1.54) is 0 Å². The molecule has 1 rings (SSSR count). The second-order valence-electron chi connectivity index (χ2n) is 3.83. The van der Waals surface area contributed by atoms with Crippen molar-refractivity contribution in [2.24, 2.45) is 0 Å². The molecule has 3 atom stereocenters. The van der Waals surface area contributed by atoms with E-state index in [0.717, 1.165) is 32.5 Å². The fourth-order valence-corrected chi connectivity index (χ4v) is 1.84. The summed E-state index contributed by atoms with van der Waals surface area (Å²) in [6, 6.07) is 0.633. The van der Waals surface area contributed by atoms with Crippen LogP contribution >= 0.6 is 0 Å². The molecule has 1 aliphatic carbocycles. The highest BCUT2D eigenvalue weighted by Gasteiger charge is 2.25. The highest BCUT2D eigenvalue weighted by molar-refractivity contribution is 4.84. The molecule has 2 N–H and O–H groups in total. The highest BCUT2D eigenvalue weighted by atomic mass is 16.5. The molecule has 0 bridgehead atoms. The van der Waals surface area contributed by atoms with Gasteiger partial charge < -0.3 is 15.2 Å². The van der Waals surface area contributed by atoms with E-state index < -0.39 is 0 Å². The molecule has 0 amide bonds. The summed E-state index contributed by atoms with van der Waals surface area (Å²) in [5.74, 6) is 0. The quantitative estimate of drug-likeness (QED) is 0.672. The summed E-state index contributed by atoms with van der Waals surface area (Å²) < 4.78 is 5.30. The molecule has 0 spiro atoms. The zero-order valence-corrected chi connectivity index (χ0v) is 8.62. The maximum Gasteiger partial charge on any atom is 0.0693 e. The van der Waals surface area contributed by atoms with Crippen molar-refractivity contribution < 1.29 is 9.84 Å². The van der Waals surface area contributed by atoms with Crippen molar-refractivity contribution in [3.05, 3.63) is 0 Å². The number of aliphatic hydroxyl groups excluding tert-OH is 1. The van der Waals surface area contributed by atoms with Gasteiger partial charge in [-0.3, -0.25) is 0 Å². The molecule has 0 aromatic carbocycles. The summed E-state index contributed by atoms with van der Waals surface area (Å²) in [6.07, 6.45) is 3.03. The second-order valence-corrected chi connectivity index (χ2v) is 3.83. The average Bonchev–Trinajstić information content (AvgIpc) is 2.48. The van der Waals surface area contributed by atoms with Gasteiger partial charge in [-0.15, -0.1) is 0 Å². The van der Waals surface area contributed by atoms with Gasteiger partial charge in [0.25, 0.3) is 0 Å². The van der Waals surface area contributed by atoms with Gasteiger partial charge in [-0.05, 0) is 33.1 Å². The molecule has 0 saturated heterocycles. The monoisotopic (exact) mass is 187 g/mol. The van der Waals surface area contributed by atoms with Crippen molar-refractivity contribution in [3.8, 4) is 0 Å². The minimum Gasteiger partial charge on any atom is -0.392 e. The summed E-state index contributed by atoms with van der Waals surface area (Å²) >= 11 is 0. The second kappa shape index (κ2) is 5.58. The lowest BCUT2D eigenvalue weighted by Gasteiger charge is -2.21. The van der Waals surface area contributed by atoms with E-state index >= 15 is 0 Å². The highest BCUT2D eigenvalue weighted by Crippen LogP contribution is 2.19. The minimum absolute atomic E-state index is 0.149. The van der Waals surface area contributed by atoms with Crippen LogP contribution in [0.4, 0.5) is 0 Å². The van der Waals surface area contributed by atoms with Crippen LogP contribution < -0.4 is 5.32 Å². The van der Waals surface area contributed by atoms with Crippen molar-refractivity contribution in [1.82, 2.24) is 5.32 Å². The Labute approximate surface area is 80.5 Å². The molecule has 78 valence electrons. The number of rotatable bonds is 5. The molecule has 3 nitrogen and oxygen atoms in total. The van der Waals surface area contributed by atoms with E-state index in [4.69, 9.17) is 4.74 Å². The number of hydrogen-bond donors (Lipinski definition) is 2. The minimum atomic E-state index is -0.149. The van der Waals surface area contributed by atoms with Crippen LogP contribution in [0.5, 0.6) is 0 Å². The Morgan fingerprint density at radius 2 is 2.31 bits per heavy atom. The van der Waals surface area contributed by atoms with E-state index in [9.17, 15) is 5.11 Å². The van der Waals surface area contributed by atoms with Gasteiger partial charge in [0.1, 0.15) is 0 Å². The van der Waals surface area contributed by atoms with Crippen LogP contribution in [0.3, 0.4) is 0 Å². The van der Waals surface area contributed by atoms with Crippen molar-refractivity contribution in [2.75, 3.05) is 13.2 Å². The predicted octanol–water partition coefficient (Wildman–Crippen LogP) is 0.914. The number of aliphatic hydroxyl groups is 1. The van der Waals surface area contributed by atoms with Gasteiger partial charge >= 0.3 is 0 Å².